The third kappa shape index (κ3) is 6.39. The van der Waals surface area contributed by atoms with Crippen LogP contribution in [-0.2, 0) is 19.1 Å². The number of carbonyl (C=O) groups excluding carboxylic acids is 3. The quantitative estimate of drug-likeness (QED) is 0.189. The highest BCUT2D eigenvalue weighted by atomic mass is 16.5. The molecule has 3 aromatic rings. The van der Waals surface area contributed by atoms with Gasteiger partial charge in [-0.1, -0.05) is 42.5 Å². The van der Waals surface area contributed by atoms with E-state index in [1.54, 1.807) is 22.0 Å². The number of nitrogens with zero attached hydrogens (tertiary/aromatic N) is 4. The minimum atomic E-state index is -1.28. The van der Waals surface area contributed by atoms with Crippen LogP contribution in [0.5, 0.6) is 5.75 Å². The summed E-state index contributed by atoms with van der Waals surface area (Å²) >= 11 is 0. The lowest BCUT2D eigenvalue weighted by Crippen LogP contribution is -2.57. The zero-order valence-corrected chi connectivity index (χ0v) is 30.4. The second-order valence-corrected chi connectivity index (χ2v) is 13.5. The van der Waals surface area contributed by atoms with Gasteiger partial charge in [0.05, 0.1) is 37.2 Å². The fourth-order valence-electron chi connectivity index (χ4n) is 8.57. The summed E-state index contributed by atoms with van der Waals surface area (Å²) in [5, 5.41) is 10.9. The van der Waals surface area contributed by atoms with Crippen molar-refractivity contribution in [2.45, 2.75) is 57.4 Å². The molecule has 1 N–H and O–H groups in total. The topological polar surface area (TPSA) is 103 Å². The summed E-state index contributed by atoms with van der Waals surface area (Å²) in [5.41, 5.74) is 1.74. The molecule has 10 heteroatoms. The third-order valence-electron chi connectivity index (χ3n) is 10.9. The Balaban J connectivity index is 1.43. The number of carbonyl (C=O) groups is 3. The fraction of sp³-hybridized carbons (Fsp3) is 0.405. The van der Waals surface area contributed by atoms with Crippen molar-refractivity contribution in [2.75, 3.05) is 54.1 Å². The summed E-state index contributed by atoms with van der Waals surface area (Å²) in [6.07, 6.45) is 3.70. The smallest absolute Gasteiger partial charge is 0.253 e. The van der Waals surface area contributed by atoms with Crippen LogP contribution in [0.4, 0.5) is 17.1 Å². The number of amides is 3. The van der Waals surface area contributed by atoms with Crippen molar-refractivity contribution in [3.63, 3.8) is 0 Å². The van der Waals surface area contributed by atoms with Gasteiger partial charge in [-0.3, -0.25) is 14.4 Å². The zero-order valence-electron chi connectivity index (χ0n) is 30.4. The maximum Gasteiger partial charge on any atom is 0.253 e. The first-order valence-corrected chi connectivity index (χ1v) is 18.4. The van der Waals surface area contributed by atoms with Crippen molar-refractivity contribution in [1.82, 2.24) is 4.90 Å². The highest BCUT2D eigenvalue weighted by Gasteiger charge is 2.75. The molecule has 52 heavy (non-hydrogen) atoms. The summed E-state index contributed by atoms with van der Waals surface area (Å²) in [6.45, 7) is 16.1. The molecule has 6 rings (SSSR count). The Kier molecular flexibility index (Phi) is 11.2. The number of likely N-dealkylation sites (tertiary alicyclic amines) is 1. The number of hydrogen-bond donors (Lipinski definition) is 1. The molecule has 2 bridgehead atoms. The first-order chi connectivity index (χ1) is 25.3. The van der Waals surface area contributed by atoms with Crippen LogP contribution in [0.25, 0.3) is 0 Å². The van der Waals surface area contributed by atoms with Gasteiger partial charge in [0.15, 0.2) is 0 Å². The van der Waals surface area contributed by atoms with E-state index in [9.17, 15) is 9.90 Å². The van der Waals surface area contributed by atoms with E-state index < -0.39 is 42.2 Å². The van der Waals surface area contributed by atoms with E-state index in [4.69, 9.17) is 9.47 Å². The van der Waals surface area contributed by atoms with E-state index in [1.807, 2.05) is 85.8 Å². The Hall–Kier alpha value is -4.93. The Labute approximate surface area is 306 Å². The van der Waals surface area contributed by atoms with Crippen molar-refractivity contribution >= 4 is 34.8 Å². The lowest BCUT2D eigenvalue weighted by atomic mass is 9.70. The summed E-state index contributed by atoms with van der Waals surface area (Å²) in [4.78, 5) is 52.0. The molecule has 274 valence electrons. The van der Waals surface area contributed by atoms with Gasteiger partial charge >= 0.3 is 0 Å². The predicted octanol–water partition coefficient (Wildman–Crippen LogP) is 5.78. The molecule has 0 aromatic heterocycles. The van der Waals surface area contributed by atoms with Crippen molar-refractivity contribution in [3.05, 3.63) is 110 Å². The van der Waals surface area contributed by atoms with Crippen LogP contribution in [0.2, 0.25) is 0 Å². The molecule has 2 unspecified atom stereocenters. The van der Waals surface area contributed by atoms with Crippen LogP contribution >= 0.6 is 0 Å². The van der Waals surface area contributed by atoms with Gasteiger partial charge in [-0.15, -0.1) is 13.2 Å². The molecule has 3 heterocycles. The second-order valence-electron chi connectivity index (χ2n) is 13.5. The van der Waals surface area contributed by atoms with E-state index in [2.05, 4.69) is 31.9 Å². The Bertz CT molecular complexity index is 1740. The Morgan fingerprint density at radius 1 is 0.904 bits per heavy atom. The molecule has 3 aliphatic heterocycles. The first kappa shape index (κ1) is 36.8. The van der Waals surface area contributed by atoms with Crippen LogP contribution in [0.3, 0.4) is 0 Å². The van der Waals surface area contributed by atoms with Crippen molar-refractivity contribution < 1.29 is 29.0 Å². The summed E-state index contributed by atoms with van der Waals surface area (Å²) in [7, 11) is 0. The molecule has 1 spiro atoms. The Morgan fingerprint density at radius 3 is 2.04 bits per heavy atom. The zero-order chi connectivity index (χ0) is 37.0. The minimum Gasteiger partial charge on any atom is -0.494 e. The summed E-state index contributed by atoms with van der Waals surface area (Å²) in [5.74, 6) is -2.07. The normalized spacial score (nSPS) is 23.5. The lowest BCUT2D eigenvalue weighted by Gasteiger charge is -2.39. The van der Waals surface area contributed by atoms with E-state index in [1.165, 1.54) is 4.90 Å². The molecule has 0 aliphatic carbocycles. The van der Waals surface area contributed by atoms with Gasteiger partial charge < -0.3 is 34.2 Å². The molecule has 3 aliphatic rings. The van der Waals surface area contributed by atoms with Gasteiger partial charge in [0.2, 0.25) is 11.8 Å². The fourth-order valence-corrected chi connectivity index (χ4v) is 8.57. The number of hydrogen-bond acceptors (Lipinski definition) is 7. The highest BCUT2D eigenvalue weighted by Crippen LogP contribution is 2.60. The number of aliphatic hydroxyl groups is 1. The standard InChI is InChI=1S/C42H50N4O6/c1-6-26-44(32-20-22-33(23-21-32)51-10-5)39(48)36-35-24-25-42(52-35)37(36)40(49)46(34(28-47)29-14-12-11-13-15-29)38(42)41(50)45(27-7-2)31-18-16-30(17-19-31)43(8-3)9-4/h6-7,11-23,34-38,47H,1-2,8-10,24-28H2,3-5H3/t34-,35+,36-,37+,38?,42?/m1/s1. The van der Waals surface area contributed by atoms with Gasteiger partial charge in [-0.2, -0.15) is 0 Å². The van der Waals surface area contributed by atoms with Gasteiger partial charge in [0.25, 0.3) is 5.91 Å². The second kappa shape index (κ2) is 15.8. The highest BCUT2D eigenvalue weighted by molar-refractivity contribution is 6.06. The number of benzene rings is 3. The molecule has 3 amide bonds. The van der Waals surface area contributed by atoms with Crippen LogP contribution in [0, 0.1) is 11.8 Å². The lowest BCUT2D eigenvalue weighted by molar-refractivity contribution is -0.144. The Morgan fingerprint density at radius 2 is 1.48 bits per heavy atom. The van der Waals surface area contributed by atoms with Gasteiger partial charge in [0.1, 0.15) is 17.4 Å². The minimum absolute atomic E-state index is 0.189. The van der Waals surface area contributed by atoms with Gasteiger partial charge in [-0.25, -0.2) is 0 Å². The van der Waals surface area contributed by atoms with Gasteiger partial charge in [-0.05, 0) is 87.7 Å². The molecular weight excluding hydrogens is 656 g/mol. The van der Waals surface area contributed by atoms with E-state index in [0.29, 0.717) is 42.1 Å². The molecule has 3 fully saturated rings. The molecule has 6 atom stereocenters. The third-order valence-corrected chi connectivity index (χ3v) is 10.9. The molecule has 3 saturated heterocycles. The van der Waals surface area contributed by atoms with E-state index in [-0.39, 0.29) is 30.8 Å². The summed E-state index contributed by atoms with van der Waals surface area (Å²) in [6, 6.07) is 22.4. The molecule has 0 saturated carbocycles. The maximum absolute atomic E-state index is 15.2. The van der Waals surface area contributed by atoms with Crippen molar-refractivity contribution in [2.24, 2.45) is 11.8 Å². The SMILES string of the molecule is C=CCN(C(=O)C1N([C@H](CO)c2ccccc2)C(=O)[C@@H]2[C@H](C(=O)N(CC=C)c3ccc(OCC)cc3)[C@@H]3CCC12O3)c1ccc(N(CC)CC)cc1. The number of fused-ring (bicyclic) bond motifs is 1. The van der Waals surface area contributed by atoms with E-state index >= 15 is 9.59 Å². The van der Waals surface area contributed by atoms with Gasteiger partial charge in [0, 0.05) is 43.2 Å². The molecule has 10 nitrogen and oxygen atoms in total. The largest absolute Gasteiger partial charge is 0.494 e. The number of ether oxygens (including phenoxy) is 2. The van der Waals surface area contributed by atoms with Crippen molar-refractivity contribution in [1.29, 1.82) is 0 Å². The first-order valence-electron chi connectivity index (χ1n) is 18.4. The average molecular weight is 707 g/mol. The number of anilines is 3. The number of rotatable bonds is 16. The monoisotopic (exact) mass is 706 g/mol. The average Bonchev–Trinajstić information content (AvgIpc) is 3.82. The molecular formula is C42H50N4O6. The van der Waals surface area contributed by atoms with Crippen LogP contribution in [0.15, 0.2) is 104 Å². The summed E-state index contributed by atoms with van der Waals surface area (Å²) < 4.78 is 12.4. The molecule has 0 radical (unpaired) electrons. The van der Waals surface area contributed by atoms with Crippen LogP contribution in [0.1, 0.15) is 45.2 Å². The number of aliphatic hydroxyl groups excluding tert-OH is 1. The van der Waals surface area contributed by atoms with Crippen LogP contribution in [-0.4, -0.2) is 84.9 Å². The maximum atomic E-state index is 15.2. The van der Waals surface area contributed by atoms with Crippen molar-refractivity contribution in [3.8, 4) is 5.75 Å². The van der Waals surface area contributed by atoms with Crippen LogP contribution < -0.4 is 19.4 Å². The molecule has 3 aromatic carbocycles. The predicted molar refractivity (Wildman–Crippen MR) is 203 cm³/mol. The van der Waals surface area contributed by atoms with E-state index in [0.717, 1.165) is 18.8 Å².